The van der Waals surface area contributed by atoms with E-state index in [1.54, 1.807) is 20.4 Å². The van der Waals surface area contributed by atoms with Crippen molar-refractivity contribution in [1.82, 2.24) is 4.57 Å². The zero-order valence-electron chi connectivity index (χ0n) is 14.1. The van der Waals surface area contributed by atoms with E-state index in [4.69, 9.17) is 14.2 Å². The fraction of sp³-hybridized carbons (Fsp3) is 0.353. The van der Waals surface area contributed by atoms with E-state index in [-0.39, 0.29) is 0 Å². The summed E-state index contributed by atoms with van der Waals surface area (Å²) in [6, 6.07) is 5.50. The Labute approximate surface area is 158 Å². The van der Waals surface area contributed by atoms with Crippen molar-refractivity contribution >= 4 is 38.0 Å². The third-order valence-corrected chi connectivity index (χ3v) is 4.33. The molecule has 0 radical (unpaired) electrons. The van der Waals surface area contributed by atoms with Crippen molar-refractivity contribution < 1.29 is 19.0 Å². The number of carbonyl (C=O) groups is 1. The van der Waals surface area contributed by atoms with Gasteiger partial charge in [0.05, 0.1) is 19.9 Å². The van der Waals surface area contributed by atoms with E-state index < -0.39 is 11.7 Å². The van der Waals surface area contributed by atoms with Crippen LogP contribution in [-0.4, -0.2) is 30.5 Å². The molecule has 0 amide bonds. The number of ether oxygens (including phenoxy) is 3. The summed E-state index contributed by atoms with van der Waals surface area (Å²) in [6.45, 7) is 5.48. The molecule has 5 nitrogen and oxygen atoms in total. The number of methoxy groups -OCH3 is 2. The minimum absolute atomic E-state index is 0.455. The maximum Gasteiger partial charge on any atom is 0.419 e. The van der Waals surface area contributed by atoms with Crippen LogP contribution in [0, 0.1) is 0 Å². The SMILES string of the molecule is COc1cc(-c2cc(Br)cn2C(=O)OC(C)(C)C)cc(OC)c1Br. The first-order chi connectivity index (χ1) is 11.2. The molecule has 0 aliphatic rings. The Hall–Kier alpha value is -1.47. The molecule has 1 aromatic carbocycles. The van der Waals surface area contributed by atoms with Crippen molar-refractivity contribution in [2.45, 2.75) is 26.4 Å². The van der Waals surface area contributed by atoms with Crippen LogP contribution in [0.4, 0.5) is 4.79 Å². The summed E-state index contributed by atoms with van der Waals surface area (Å²) in [7, 11) is 3.15. The second-order valence-electron chi connectivity index (χ2n) is 6.09. The molecule has 2 aromatic rings. The van der Waals surface area contributed by atoms with Crippen molar-refractivity contribution in [1.29, 1.82) is 0 Å². The van der Waals surface area contributed by atoms with Gasteiger partial charge in [0.2, 0.25) is 0 Å². The van der Waals surface area contributed by atoms with E-state index in [9.17, 15) is 4.79 Å². The molecule has 2 rings (SSSR count). The first-order valence-corrected chi connectivity index (χ1v) is 8.78. The number of aromatic nitrogens is 1. The molecular formula is C17H19Br2NO4. The normalized spacial score (nSPS) is 11.3. The van der Waals surface area contributed by atoms with E-state index in [2.05, 4.69) is 31.9 Å². The lowest BCUT2D eigenvalue weighted by Crippen LogP contribution is -2.27. The van der Waals surface area contributed by atoms with Gasteiger partial charge in [-0.25, -0.2) is 4.79 Å². The third-order valence-electron chi connectivity index (χ3n) is 3.12. The zero-order valence-corrected chi connectivity index (χ0v) is 17.3. The van der Waals surface area contributed by atoms with Crippen LogP contribution in [0.25, 0.3) is 11.3 Å². The molecule has 0 aliphatic carbocycles. The molecule has 1 heterocycles. The molecular weight excluding hydrogens is 442 g/mol. The predicted octanol–water partition coefficient (Wildman–Crippen LogP) is 5.48. The Bertz CT molecular complexity index is 737. The zero-order chi connectivity index (χ0) is 18.1. The molecule has 0 atom stereocenters. The highest BCUT2D eigenvalue weighted by atomic mass is 79.9. The fourth-order valence-electron chi connectivity index (χ4n) is 2.13. The van der Waals surface area contributed by atoms with Gasteiger partial charge in [0.1, 0.15) is 21.6 Å². The van der Waals surface area contributed by atoms with Crippen LogP contribution >= 0.6 is 31.9 Å². The summed E-state index contributed by atoms with van der Waals surface area (Å²) in [6.07, 6.45) is 1.22. The van der Waals surface area contributed by atoms with E-state index in [1.807, 2.05) is 39.0 Å². The van der Waals surface area contributed by atoms with Gasteiger partial charge in [0.15, 0.2) is 0 Å². The summed E-state index contributed by atoms with van der Waals surface area (Å²) < 4.78 is 19.2. The number of carbonyl (C=O) groups excluding carboxylic acids is 1. The standard InChI is InChI=1S/C17H19Br2NO4/c1-17(2,3)24-16(21)20-9-11(18)8-12(20)10-6-13(22-4)15(19)14(7-10)23-5/h6-9H,1-5H3. The Balaban J connectivity index is 2.56. The fourth-order valence-corrected chi connectivity index (χ4v) is 3.11. The van der Waals surface area contributed by atoms with Crippen LogP contribution in [0.3, 0.4) is 0 Å². The molecule has 0 aliphatic heterocycles. The van der Waals surface area contributed by atoms with Gasteiger partial charge >= 0.3 is 6.09 Å². The van der Waals surface area contributed by atoms with Gasteiger partial charge in [0, 0.05) is 16.2 Å². The summed E-state index contributed by atoms with van der Waals surface area (Å²) in [5, 5.41) is 0. The number of hydrogen-bond acceptors (Lipinski definition) is 4. The maximum atomic E-state index is 12.5. The second-order valence-corrected chi connectivity index (χ2v) is 7.80. The van der Waals surface area contributed by atoms with E-state index in [1.165, 1.54) is 4.57 Å². The largest absolute Gasteiger partial charge is 0.495 e. The summed E-state index contributed by atoms with van der Waals surface area (Å²) in [5.41, 5.74) is 0.851. The number of rotatable bonds is 3. The van der Waals surface area contributed by atoms with Gasteiger partial charge in [-0.05, 0) is 70.8 Å². The molecule has 130 valence electrons. The van der Waals surface area contributed by atoms with Crippen molar-refractivity contribution in [3.8, 4) is 22.8 Å². The number of nitrogens with zero attached hydrogens (tertiary/aromatic N) is 1. The number of benzene rings is 1. The van der Waals surface area contributed by atoms with Gasteiger partial charge < -0.3 is 14.2 Å². The van der Waals surface area contributed by atoms with E-state index in [0.717, 1.165) is 10.0 Å². The van der Waals surface area contributed by atoms with Gasteiger partial charge in [-0.1, -0.05) is 0 Å². The Kier molecular flexibility index (Phi) is 5.65. The summed E-state index contributed by atoms with van der Waals surface area (Å²) >= 11 is 6.86. The molecule has 0 saturated heterocycles. The highest BCUT2D eigenvalue weighted by Crippen LogP contribution is 2.39. The molecule has 0 saturated carbocycles. The second kappa shape index (κ2) is 7.19. The Morgan fingerprint density at radius 1 is 1.04 bits per heavy atom. The Morgan fingerprint density at radius 2 is 1.58 bits per heavy atom. The first kappa shape index (κ1) is 18.9. The molecule has 0 unspecified atom stereocenters. The smallest absolute Gasteiger partial charge is 0.419 e. The Morgan fingerprint density at radius 3 is 2.04 bits per heavy atom. The maximum absolute atomic E-state index is 12.5. The number of hydrogen-bond donors (Lipinski definition) is 0. The lowest BCUT2D eigenvalue weighted by molar-refractivity contribution is 0.0540. The first-order valence-electron chi connectivity index (χ1n) is 7.19. The molecule has 24 heavy (non-hydrogen) atoms. The molecule has 0 spiro atoms. The number of halogens is 2. The van der Waals surface area contributed by atoms with Gasteiger partial charge in [-0.3, -0.25) is 4.57 Å². The van der Waals surface area contributed by atoms with Crippen LogP contribution in [0.5, 0.6) is 11.5 Å². The van der Waals surface area contributed by atoms with E-state index >= 15 is 0 Å². The molecule has 0 N–H and O–H groups in total. The highest BCUT2D eigenvalue weighted by Gasteiger charge is 2.22. The van der Waals surface area contributed by atoms with Gasteiger partial charge in [-0.2, -0.15) is 0 Å². The van der Waals surface area contributed by atoms with Crippen LogP contribution in [0.2, 0.25) is 0 Å². The van der Waals surface area contributed by atoms with Crippen molar-refractivity contribution in [3.05, 3.63) is 33.3 Å². The van der Waals surface area contributed by atoms with Crippen molar-refractivity contribution in [3.63, 3.8) is 0 Å². The molecule has 7 heteroatoms. The van der Waals surface area contributed by atoms with Crippen molar-refractivity contribution in [2.75, 3.05) is 14.2 Å². The molecule has 0 fully saturated rings. The molecule has 0 bridgehead atoms. The average Bonchev–Trinajstić information content (AvgIpc) is 2.88. The lowest BCUT2D eigenvalue weighted by atomic mass is 10.1. The van der Waals surface area contributed by atoms with Crippen LogP contribution in [-0.2, 0) is 4.74 Å². The minimum Gasteiger partial charge on any atom is -0.495 e. The quantitative estimate of drug-likeness (QED) is 0.608. The summed E-state index contributed by atoms with van der Waals surface area (Å²) in [4.78, 5) is 12.5. The van der Waals surface area contributed by atoms with Gasteiger partial charge in [0.25, 0.3) is 0 Å². The molecule has 1 aromatic heterocycles. The highest BCUT2D eigenvalue weighted by molar-refractivity contribution is 9.11. The lowest BCUT2D eigenvalue weighted by Gasteiger charge is -2.20. The van der Waals surface area contributed by atoms with Crippen molar-refractivity contribution in [2.24, 2.45) is 0 Å². The topological polar surface area (TPSA) is 49.7 Å². The summed E-state index contributed by atoms with van der Waals surface area (Å²) in [5.74, 6) is 1.22. The average molecular weight is 461 g/mol. The van der Waals surface area contributed by atoms with E-state index in [0.29, 0.717) is 21.7 Å². The van der Waals surface area contributed by atoms with Crippen LogP contribution in [0.15, 0.2) is 33.3 Å². The third kappa shape index (κ3) is 4.13. The van der Waals surface area contributed by atoms with Crippen LogP contribution in [0.1, 0.15) is 20.8 Å². The monoisotopic (exact) mass is 459 g/mol. The minimum atomic E-state index is -0.583. The van der Waals surface area contributed by atoms with Gasteiger partial charge in [-0.15, -0.1) is 0 Å². The van der Waals surface area contributed by atoms with Crippen LogP contribution < -0.4 is 9.47 Å². The predicted molar refractivity (Wildman–Crippen MR) is 100 cm³/mol.